The van der Waals surface area contributed by atoms with Gasteiger partial charge in [-0.2, -0.15) is 8.78 Å². The summed E-state index contributed by atoms with van der Waals surface area (Å²) in [7, 11) is 0. The summed E-state index contributed by atoms with van der Waals surface area (Å²) >= 11 is 0. The van der Waals surface area contributed by atoms with E-state index in [0.29, 0.717) is 6.10 Å². The van der Waals surface area contributed by atoms with E-state index in [9.17, 15) is 8.78 Å². The second-order valence-corrected chi connectivity index (χ2v) is 13.4. The minimum Gasteiger partial charge on any atom is -0.378 e. The SMILES string of the molecule is CC=CCCC1CCC(C2CCC(C3CCC(CCCCC4CCC(C=C(F)F)CC4)CC3)OC2)CC1. The topological polar surface area (TPSA) is 9.23 Å². The third-order valence-electron chi connectivity index (χ3n) is 11.0. The first-order valence-corrected chi connectivity index (χ1v) is 16.4. The molecule has 0 aromatic rings. The zero-order valence-electron chi connectivity index (χ0n) is 23.9. The van der Waals surface area contributed by atoms with Gasteiger partial charge in [-0.15, -0.1) is 0 Å². The molecule has 0 radical (unpaired) electrons. The average Bonchev–Trinajstić information content (AvgIpc) is 2.93. The van der Waals surface area contributed by atoms with Crippen LogP contribution in [0.5, 0.6) is 0 Å². The normalized spacial score (nSPS) is 37.5. The first-order chi connectivity index (χ1) is 18.1. The van der Waals surface area contributed by atoms with Crippen LogP contribution in [-0.2, 0) is 4.74 Å². The Balaban J connectivity index is 1.03. The van der Waals surface area contributed by atoms with Crippen molar-refractivity contribution in [2.45, 2.75) is 141 Å². The molecule has 3 aliphatic carbocycles. The highest BCUT2D eigenvalue weighted by atomic mass is 19.3. The van der Waals surface area contributed by atoms with Crippen molar-refractivity contribution in [3.05, 3.63) is 24.3 Å². The lowest BCUT2D eigenvalue weighted by molar-refractivity contribution is -0.0741. The summed E-state index contributed by atoms with van der Waals surface area (Å²) in [5.74, 6) is 5.40. The summed E-state index contributed by atoms with van der Waals surface area (Å²) in [6, 6.07) is 0. The summed E-state index contributed by atoms with van der Waals surface area (Å²) < 4.78 is 31.5. The van der Waals surface area contributed by atoms with Gasteiger partial charge in [0, 0.05) is 0 Å². The van der Waals surface area contributed by atoms with Crippen molar-refractivity contribution < 1.29 is 13.5 Å². The minimum absolute atomic E-state index is 0.133. The van der Waals surface area contributed by atoms with Gasteiger partial charge < -0.3 is 4.74 Å². The van der Waals surface area contributed by atoms with E-state index in [-0.39, 0.29) is 5.92 Å². The van der Waals surface area contributed by atoms with Gasteiger partial charge in [0.25, 0.3) is 6.08 Å². The van der Waals surface area contributed by atoms with Crippen molar-refractivity contribution in [3.8, 4) is 0 Å². The summed E-state index contributed by atoms with van der Waals surface area (Å²) in [6.07, 6.45) is 31.3. The number of hydrogen-bond donors (Lipinski definition) is 0. The van der Waals surface area contributed by atoms with E-state index >= 15 is 0 Å². The molecule has 4 aliphatic rings. The number of halogens is 2. The molecule has 2 unspecified atom stereocenters. The van der Waals surface area contributed by atoms with Crippen LogP contribution in [0, 0.1) is 41.4 Å². The molecule has 0 aromatic carbocycles. The smallest absolute Gasteiger partial charge is 0.266 e. The molecule has 0 N–H and O–H groups in total. The number of unbranched alkanes of at least 4 members (excludes halogenated alkanes) is 1. The molecule has 4 rings (SSSR count). The predicted octanol–water partition coefficient (Wildman–Crippen LogP) is 10.9. The van der Waals surface area contributed by atoms with Gasteiger partial charge in [-0.25, -0.2) is 0 Å². The molecular formula is C34H56F2O. The maximum absolute atomic E-state index is 12.5. The highest BCUT2D eigenvalue weighted by Gasteiger charge is 2.35. The predicted molar refractivity (Wildman–Crippen MR) is 152 cm³/mol. The van der Waals surface area contributed by atoms with E-state index in [2.05, 4.69) is 19.1 Å². The first kappa shape index (κ1) is 29.3. The van der Waals surface area contributed by atoms with Crippen molar-refractivity contribution in [2.24, 2.45) is 41.4 Å². The number of rotatable bonds is 11. The van der Waals surface area contributed by atoms with E-state index in [1.165, 1.54) is 109 Å². The van der Waals surface area contributed by atoms with E-state index in [1.807, 2.05) is 0 Å². The van der Waals surface area contributed by atoms with Gasteiger partial charge in [0.2, 0.25) is 0 Å². The fraction of sp³-hybridized carbons (Fsp3) is 0.882. The van der Waals surface area contributed by atoms with Crippen LogP contribution in [0.25, 0.3) is 0 Å². The van der Waals surface area contributed by atoms with E-state index in [0.717, 1.165) is 67.8 Å². The Labute approximate surface area is 227 Å². The average molecular weight is 519 g/mol. The van der Waals surface area contributed by atoms with Crippen LogP contribution in [0.2, 0.25) is 0 Å². The number of ether oxygens (including phenoxy) is 1. The van der Waals surface area contributed by atoms with Crippen molar-refractivity contribution in [1.29, 1.82) is 0 Å². The zero-order valence-corrected chi connectivity index (χ0v) is 23.9. The van der Waals surface area contributed by atoms with Gasteiger partial charge in [-0.05, 0) is 131 Å². The summed E-state index contributed by atoms with van der Waals surface area (Å²) in [4.78, 5) is 0. The molecule has 3 saturated carbocycles. The molecule has 1 saturated heterocycles. The van der Waals surface area contributed by atoms with Crippen molar-refractivity contribution in [3.63, 3.8) is 0 Å². The van der Waals surface area contributed by atoms with Gasteiger partial charge in [0.1, 0.15) is 0 Å². The largest absolute Gasteiger partial charge is 0.378 e. The Morgan fingerprint density at radius 2 is 1.19 bits per heavy atom. The third-order valence-corrected chi connectivity index (χ3v) is 11.0. The van der Waals surface area contributed by atoms with Gasteiger partial charge in [-0.3, -0.25) is 0 Å². The van der Waals surface area contributed by atoms with Crippen molar-refractivity contribution in [1.82, 2.24) is 0 Å². The maximum Gasteiger partial charge on any atom is 0.266 e. The lowest BCUT2D eigenvalue weighted by Crippen LogP contribution is -2.37. The molecule has 2 atom stereocenters. The minimum atomic E-state index is -1.48. The zero-order chi connectivity index (χ0) is 25.9. The number of hydrogen-bond acceptors (Lipinski definition) is 1. The van der Waals surface area contributed by atoms with E-state index in [4.69, 9.17) is 4.74 Å². The molecule has 1 heterocycles. The van der Waals surface area contributed by atoms with Crippen LogP contribution in [-0.4, -0.2) is 12.7 Å². The molecule has 0 aromatic heterocycles. The summed E-state index contributed by atoms with van der Waals surface area (Å²) in [6.45, 7) is 3.18. The highest BCUT2D eigenvalue weighted by molar-refractivity contribution is 4.91. The Morgan fingerprint density at radius 1 is 0.649 bits per heavy atom. The standard InChI is InChI=1S/C34H56F2O/c1-2-3-4-7-27-14-18-30(19-15-27)32-22-23-33(37-25-32)31-20-16-28(17-21-31)9-6-5-8-26-10-12-29(13-11-26)24-34(35)36/h2-3,24,26-33H,4-23,25H2,1H3. The summed E-state index contributed by atoms with van der Waals surface area (Å²) in [5, 5.41) is 0. The molecule has 0 bridgehead atoms. The van der Waals surface area contributed by atoms with Gasteiger partial charge in [-0.1, -0.05) is 63.5 Å². The van der Waals surface area contributed by atoms with Crippen LogP contribution in [0.1, 0.15) is 135 Å². The first-order valence-electron chi connectivity index (χ1n) is 16.4. The van der Waals surface area contributed by atoms with Crippen LogP contribution in [0.15, 0.2) is 24.3 Å². The van der Waals surface area contributed by atoms with Crippen LogP contribution >= 0.6 is 0 Å². The fourth-order valence-corrected chi connectivity index (χ4v) is 8.52. The lowest BCUT2D eigenvalue weighted by Gasteiger charge is -2.41. The molecule has 0 amide bonds. The van der Waals surface area contributed by atoms with Crippen LogP contribution in [0.4, 0.5) is 8.78 Å². The highest BCUT2D eigenvalue weighted by Crippen LogP contribution is 2.42. The Morgan fingerprint density at radius 3 is 1.73 bits per heavy atom. The lowest BCUT2D eigenvalue weighted by atomic mass is 9.71. The molecule has 212 valence electrons. The third kappa shape index (κ3) is 9.77. The van der Waals surface area contributed by atoms with Gasteiger partial charge in [0.05, 0.1) is 12.7 Å². The van der Waals surface area contributed by atoms with Gasteiger partial charge >= 0.3 is 0 Å². The second-order valence-electron chi connectivity index (χ2n) is 13.4. The van der Waals surface area contributed by atoms with E-state index < -0.39 is 6.08 Å². The molecule has 0 spiro atoms. The molecule has 3 heteroatoms. The fourth-order valence-electron chi connectivity index (χ4n) is 8.52. The molecule has 1 aliphatic heterocycles. The molecule has 1 nitrogen and oxygen atoms in total. The number of allylic oxidation sites excluding steroid dienone is 3. The van der Waals surface area contributed by atoms with Gasteiger partial charge in [0.15, 0.2) is 0 Å². The Bertz CT molecular complexity index is 666. The monoisotopic (exact) mass is 518 g/mol. The molecule has 4 fully saturated rings. The van der Waals surface area contributed by atoms with Crippen molar-refractivity contribution >= 4 is 0 Å². The van der Waals surface area contributed by atoms with Crippen LogP contribution < -0.4 is 0 Å². The molecular weight excluding hydrogens is 462 g/mol. The van der Waals surface area contributed by atoms with E-state index in [1.54, 1.807) is 0 Å². The Kier molecular flexibility index (Phi) is 12.5. The molecule has 37 heavy (non-hydrogen) atoms. The van der Waals surface area contributed by atoms with Crippen molar-refractivity contribution in [2.75, 3.05) is 6.61 Å². The quantitative estimate of drug-likeness (QED) is 0.195. The van der Waals surface area contributed by atoms with Crippen LogP contribution in [0.3, 0.4) is 0 Å². The summed E-state index contributed by atoms with van der Waals surface area (Å²) in [5.41, 5.74) is 0. The maximum atomic E-state index is 12.5. The second kappa shape index (κ2) is 15.8. The Hall–Kier alpha value is -0.700.